The van der Waals surface area contributed by atoms with E-state index in [1.54, 1.807) is 0 Å². The predicted octanol–water partition coefficient (Wildman–Crippen LogP) is 2.20. The largest absolute Gasteiger partial charge is 0.378 e. The summed E-state index contributed by atoms with van der Waals surface area (Å²) in [5.41, 5.74) is 3.39. The Balaban J connectivity index is 1.84. The molecular formula is C17H17N3O2. The summed E-state index contributed by atoms with van der Waals surface area (Å²) in [5.74, 6) is -0.00465. The van der Waals surface area contributed by atoms with Gasteiger partial charge in [-0.05, 0) is 19.1 Å². The lowest BCUT2D eigenvalue weighted by Gasteiger charge is -2.22. The Bertz CT molecular complexity index is 863. The number of benzene rings is 1. The Morgan fingerprint density at radius 1 is 1.32 bits per heavy atom. The summed E-state index contributed by atoms with van der Waals surface area (Å²) in [5, 5.41) is 5.35. The normalized spacial score (nSPS) is 18.9. The van der Waals surface area contributed by atoms with Gasteiger partial charge >= 0.3 is 0 Å². The zero-order valence-corrected chi connectivity index (χ0v) is 12.3. The van der Waals surface area contributed by atoms with Crippen LogP contribution in [0.5, 0.6) is 0 Å². The Hall–Kier alpha value is -2.24. The van der Waals surface area contributed by atoms with E-state index in [2.05, 4.69) is 21.4 Å². The number of pyridine rings is 1. The van der Waals surface area contributed by atoms with Crippen LogP contribution >= 0.6 is 0 Å². The molecule has 1 aromatic carbocycles. The van der Waals surface area contributed by atoms with E-state index in [1.165, 1.54) is 0 Å². The van der Waals surface area contributed by atoms with Crippen LogP contribution in [0.3, 0.4) is 0 Å². The number of H-pyrrole nitrogens is 1. The quantitative estimate of drug-likeness (QED) is 0.711. The maximum absolute atomic E-state index is 12.6. The number of aromatic amines is 1. The van der Waals surface area contributed by atoms with Gasteiger partial charge in [-0.15, -0.1) is 0 Å². The van der Waals surface area contributed by atoms with Crippen molar-refractivity contribution in [1.82, 2.24) is 15.3 Å². The van der Waals surface area contributed by atoms with Gasteiger partial charge < -0.3 is 15.0 Å². The van der Waals surface area contributed by atoms with Crippen LogP contribution in [0.25, 0.3) is 21.8 Å². The lowest BCUT2D eigenvalue weighted by molar-refractivity contribution is 0.0604. The summed E-state index contributed by atoms with van der Waals surface area (Å²) in [6, 6.07) is 9.68. The second-order valence-electron chi connectivity index (χ2n) is 5.63. The van der Waals surface area contributed by atoms with Crippen molar-refractivity contribution in [2.24, 2.45) is 0 Å². The van der Waals surface area contributed by atoms with Gasteiger partial charge in [-0.1, -0.05) is 18.2 Å². The highest BCUT2D eigenvalue weighted by atomic mass is 16.5. The van der Waals surface area contributed by atoms with E-state index in [1.807, 2.05) is 31.2 Å². The van der Waals surface area contributed by atoms with E-state index < -0.39 is 0 Å². The van der Waals surface area contributed by atoms with E-state index in [4.69, 9.17) is 4.74 Å². The molecule has 1 aliphatic heterocycles. The third kappa shape index (κ3) is 2.10. The average molecular weight is 295 g/mol. The summed E-state index contributed by atoms with van der Waals surface area (Å²) < 4.78 is 5.38. The molecule has 0 amide bonds. The number of Topliss-reactive ketones (excluding diaryl/α,β-unsaturated/α-hetero) is 1. The monoisotopic (exact) mass is 295 g/mol. The first-order valence-electron chi connectivity index (χ1n) is 7.47. The highest BCUT2D eigenvalue weighted by molar-refractivity contribution is 6.10. The minimum Gasteiger partial charge on any atom is -0.378 e. The summed E-state index contributed by atoms with van der Waals surface area (Å²) >= 11 is 0. The molecule has 1 fully saturated rings. The van der Waals surface area contributed by atoms with Crippen LogP contribution in [0.1, 0.15) is 16.2 Å². The molecule has 0 aliphatic carbocycles. The van der Waals surface area contributed by atoms with Gasteiger partial charge in [-0.25, -0.2) is 4.98 Å². The fraction of sp³-hybridized carbons (Fsp3) is 0.294. The summed E-state index contributed by atoms with van der Waals surface area (Å²) in [7, 11) is 0. The van der Waals surface area contributed by atoms with Crippen molar-refractivity contribution in [3.8, 4) is 0 Å². The van der Waals surface area contributed by atoms with Crippen LogP contribution in [0.2, 0.25) is 0 Å². The maximum atomic E-state index is 12.6. The van der Waals surface area contributed by atoms with Crippen molar-refractivity contribution < 1.29 is 9.53 Å². The van der Waals surface area contributed by atoms with Crippen molar-refractivity contribution in [1.29, 1.82) is 0 Å². The number of fused-ring (bicyclic) bond motifs is 3. The van der Waals surface area contributed by atoms with Gasteiger partial charge in [0.15, 0.2) is 5.78 Å². The molecule has 2 aromatic heterocycles. The van der Waals surface area contributed by atoms with Gasteiger partial charge in [-0.2, -0.15) is 0 Å². The van der Waals surface area contributed by atoms with Crippen molar-refractivity contribution in [3.63, 3.8) is 0 Å². The maximum Gasteiger partial charge on any atom is 0.200 e. The summed E-state index contributed by atoms with van der Waals surface area (Å²) in [4.78, 5) is 20.5. The van der Waals surface area contributed by atoms with Gasteiger partial charge in [0, 0.05) is 22.8 Å². The number of nitrogens with zero attached hydrogens (tertiary/aromatic N) is 1. The highest BCUT2D eigenvalue weighted by Crippen LogP contribution is 2.27. The minimum absolute atomic E-state index is 0.00465. The number of para-hydroxylation sites is 1. The van der Waals surface area contributed by atoms with Gasteiger partial charge in [0.25, 0.3) is 0 Å². The van der Waals surface area contributed by atoms with E-state index in [9.17, 15) is 4.79 Å². The number of carbonyl (C=O) groups excluding carboxylic acids is 1. The number of nitrogens with one attached hydrogen (secondary N) is 2. The van der Waals surface area contributed by atoms with Crippen LogP contribution in [0.4, 0.5) is 0 Å². The number of aryl methyl sites for hydroxylation is 1. The molecule has 2 N–H and O–H groups in total. The van der Waals surface area contributed by atoms with Gasteiger partial charge in [-0.3, -0.25) is 4.79 Å². The number of hydrogen-bond acceptors (Lipinski definition) is 4. The first kappa shape index (κ1) is 13.4. The number of hydrogen-bond donors (Lipinski definition) is 2. The average Bonchev–Trinajstić information content (AvgIpc) is 2.94. The first-order valence-corrected chi connectivity index (χ1v) is 7.47. The zero-order chi connectivity index (χ0) is 15.1. The number of rotatable bonds is 2. The molecule has 0 radical (unpaired) electrons. The number of aromatic nitrogens is 2. The van der Waals surface area contributed by atoms with Crippen LogP contribution in [0, 0.1) is 6.92 Å². The highest BCUT2D eigenvalue weighted by Gasteiger charge is 2.24. The van der Waals surface area contributed by atoms with Crippen molar-refractivity contribution in [2.75, 3.05) is 19.8 Å². The third-order valence-electron chi connectivity index (χ3n) is 4.17. The topological polar surface area (TPSA) is 67.0 Å². The van der Waals surface area contributed by atoms with E-state index in [0.717, 1.165) is 27.5 Å². The molecule has 5 nitrogen and oxygen atoms in total. The Morgan fingerprint density at radius 2 is 2.18 bits per heavy atom. The molecule has 1 aliphatic rings. The predicted molar refractivity (Wildman–Crippen MR) is 85.3 cm³/mol. The number of morpholine rings is 1. The standard InChI is InChI=1S/C17H17N3O2/c1-10-16-12(11-4-2-3-5-13(11)20-16)8-14(19-10)17(21)15-9-22-7-6-18-15/h2-5,8,15,18,20H,6-7,9H2,1H3. The van der Waals surface area contributed by atoms with Crippen LogP contribution in [0.15, 0.2) is 30.3 Å². The fourth-order valence-electron chi connectivity index (χ4n) is 3.04. The van der Waals surface area contributed by atoms with Gasteiger partial charge in [0.05, 0.1) is 30.5 Å². The van der Waals surface area contributed by atoms with E-state index in [0.29, 0.717) is 25.5 Å². The molecule has 1 atom stereocenters. The SMILES string of the molecule is Cc1nc(C(=O)C2COCCN2)cc2c1[nH]c1ccccc12. The zero-order valence-electron chi connectivity index (χ0n) is 12.3. The Morgan fingerprint density at radius 3 is 3.00 bits per heavy atom. The molecule has 1 saturated heterocycles. The molecule has 5 heteroatoms. The molecular weight excluding hydrogens is 278 g/mol. The van der Waals surface area contributed by atoms with Crippen LogP contribution in [-0.4, -0.2) is 41.6 Å². The van der Waals surface area contributed by atoms with Crippen LogP contribution in [-0.2, 0) is 4.74 Å². The lowest BCUT2D eigenvalue weighted by atomic mass is 10.1. The molecule has 0 bridgehead atoms. The Labute approximate surface area is 127 Å². The van der Waals surface area contributed by atoms with Crippen molar-refractivity contribution >= 4 is 27.6 Å². The molecule has 0 saturated carbocycles. The summed E-state index contributed by atoms with van der Waals surface area (Å²) in [6.07, 6.45) is 0. The Kier molecular flexibility index (Phi) is 3.17. The van der Waals surface area contributed by atoms with E-state index >= 15 is 0 Å². The summed E-state index contributed by atoms with van der Waals surface area (Å²) in [6.45, 7) is 3.69. The second kappa shape index (κ2) is 5.19. The number of carbonyl (C=O) groups is 1. The molecule has 112 valence electrons. The first-order chi connectivity index (χ1) is 10.7. The van der Waals surface area contributed by atoms with Crippen molar-refractivity contribution in [2.45, 2.75) is 13.0 Å². The molecule has 0 spiro atoms. The molecule has 1 unspecified atom stereocenters. The number of ketones is 1. The molecule has 22 heavy (non-hydrogen) atoms. The molecule has 3 heterocycles. The van der Waals surface area contributed by atoms with Gasteiger partial charge in [0.2, 0.25) is 0 Å². The van der Waals surface area contributed by atoms with Crippen molar-refractivity contribution in [3.05, 3.63) is 41.7 Å². The molecule has 3 aromatic rings. The molecule has 4 rings (SSSR count). The smallest absolute Gasteiger partial charge is 0.200 e. The van der Waals surface area contributed by atoms with Gasteiger partial charge in [0.1, 0.15) is 5.69 Å². The fourth-order valence-corrected chi connectivity index (χ4v) is 3.04. The minimum atomic E-state index is -0.302. The lowest BCUT2D eigenvalue weighted by Crippen LogP contribution is -2.46. The van der Waals surface area contributed by atoms with Crippen LogP contribution < -0.4 is 5.32 Å². The second-order valence-corrected chi connectivity index (χ2v) is 5.63. The number of ether oxygens (including phenoxy) is 1. The van der Waals surface area contributed by atoms with E-state index in [-0.39, 0.29) is 11.8 Å². The third-order valence-corrected chi connectivity index (χ3v) is 4.17.